The van der Waals surface area contributed by atoms with Gasteiger partial charge in [-0.15, -0.1) is 0 Å². The highest BCUT2D eigenvalue weighted by molar-refractivity contribution is 5.99. The average Bonchev–Trinajstić information content (AvgIpc) is 3.81. The van der Waals surface area contributed by atoms with Gasteiger partial charge in [-0.1, -0.05) is 12.1 Å². The van der Waals surface area contributed by atoms with Crippen LogP contribution in [0, 0.1) is 0 Å². The molecule has 3 aromatic rings. The summed E-state index contributed by atoms with van der Waals surface area (Å²) in [6, 6.07) is 9.33. The number of carbonyl (C=O) groups excluding carboxylic acids is 2. The first-order chi connectivity index (χ1) is 21.4. The van der Waals surface area contributed by atoms with Crippen molar-refractivity contribution in [3.63, 3.8) is 0 Å². The summed E-state index contributed by atoms with van der Waals surface area (Å²) >= 11 is 0. The molecular weight excluding hydrogens is 572 g/mol. The molecule has 0 radical (unpaired) electrons. The SMILES string of the molecule is COc1cc(CO)cc2c1OC1C2C(C(=O)NCCO)=CC(N(CC2CCCO2)C(=O)c2cc3cccc(OC)c3o2)C1O. The Bertz CT molecular complexity index is 1580. The van der Waals surface area contributed by atoms with Crippen molar-refractivity contribution >= 4 is 22.8 Å². The number of carbonyl (C=O) groups is 2. The van der Waals surface area contributed by atoms with Gasteiger partial charge in [0, 0.05) is 36.2 Å². The lowest BCUT2D eigenvalue weighted by Gasteiger charge is -2.41. The van der Waals surface area contributed by atoms with Crippen LogP contribution in [-0.2, 0) is 16.1 Å². The molecule has 3 heterocycles. The average molecular weight is 609 g/mol. The Morgan fingerprint density at radius 1 is 1.11 bits per heavy atom. The quantitative estimate of drug-likeness (QED) is 0.268. The fourth-order valence-electron chi connectivity index (χ4n) is 6.41. The zero-order valence-electron chi connectivity index (χ0n) is 24.5. The number of methoxy groups -OCH3 is 2. The predicted octanol–water partition coefficient (Wildman–Crippen LogP) is 1.89. The maximum absolute atomic E-state index is 14.3. The molecule has 1 aliphatic carbocycles. The van der Waals surface area contributed by atoms with Crippen molar-refractivity contribution < 1.29 is 48.3 Å². The van der Waals surface area contributed by atoms with Gasteiger partial charge in [-0.2, -0.15) is 0 Å². The second kappa shape index (κ2) is 12.5. The summed E-state index contributed by atoms with van der Waals surface area (Å²) in [6.07, 6.45) is 0.634. The standard InChI is InChI=1S/C32H36N2O10/c1-40-23-7-3-5-18-13-25(43-28(18)23)32(39)34(15-19-6-4-10-42-19)22-14-21(31(38)33-8-9-35)26-20-11-17(16-36)12-24(41-2)29(20)44-30(26)27(22)37/h3,5,7,11-14,19,22,26-27,30,35-37H,4,6,8-10,15-16H2,1-2H3,(H,33,38). The van der Waals surface area contributed by atoms with Gasteiger partial charge in [0.05, 0.1) is 45.5 Å². The van der Waals surface area contributed by atoms with Crippen molar-refractivity contribution in [2.75, 3.05) is 40.5 Å². The molecule has 1 saturated heterocycles. The summed E-state index contributed by atoms with van der Waals surface area (Å²) in [7, 11) is 2.99. The molecule has 12 heteroatoms. The highest BCUT2D eigenvalue weighted by atomic mass is 16.5. The van der Waals surface area contributed by atoms with Gasteiger partial charge in [0.25, 0.3) is 5.91 Å². The van der Waals surface area contributed by atoms with Crippen molar-refractivity contribution in [3.8, 4) is 17.2 Å². The van der Waals surface area contributed by atoms with E-state index in [0.29, 0.717) is 46.0 Å². The number of aliphatic hydroxyl groups is 3. The van der Waals surface area contributed by atoms with Gasteiger partial charge in [0.15, 0.2) is 28.6 Å². The van der Waals surface area contributed by atoms with Gasteiger partial charge in [-0.3, -0.25) is 9.59 Å². The van der Waals surface area contributed by atoms with E-state index in [1.54, 1.807) is 36.4 Å². The summed E-state index contributed by atoms with van der Waals surface area (Å²) in [5, 5.41) is 34.6. The number of benzene rings is 2. The first-order valence-corrected chi connectivity index (χ1v) is 14.6. The van der Waals surface area contributed by atoms with E-state index < -0.39 is 36.0 Å². The zero-order valence-corrected chi connectivity index (χ0v) is 24.5. The van der Waals surface area contributed by atoms with E-state index in [0.717, 1.165) is 12.8 Å². The third kappa shape index (κ3) is 5.28. The minimum absolute atomic E-state index is 0.00781. The molecule has 1 aromatic heterocycles. The Hall–Kier alpha value is -4.10. The number of fused-ring (bicyclic) bond motifs is 4. The normalized spacial score (nSPS) is 23.8. The van der Waals surface area contributed by atoms with E-state index >= 15 is 0 Å². The van der Waals surface area contributed by atoms with Crippen LogP contribution in [0.15, 0.2) is 52.5 Å². The number of para-hydroxylation sites is 1. The lowest BCUT2D eigenvalue weighted by atomic mass is 9.77. The van der Waals surface area contributed by atoms with Crippen molar-refractivity contribution in [3.05, 3.63) is 64.9 Å². The second-order valence-corrected chi connectivity index (χ2v) is 11.1. The molecule has 0 bridgehead atoms. The fourth-order valence-corrected chi connectivity index (χ4v) is 6.41. The fraction of sp³-hybridized carbons (Fsp3) is 0.438. The van der Waals surface area contributed by atoms with E-state index in [9.17, 15) is 24.9 Å². The largest absolute Gasteiger partial charge is 0.493 e. The first-order valence-electron chi connectivity index (χ1n) is 14.6. The molecule has 0 spiro atoms. The number of hydrogen-bond donors (Lipinski definition) is 4. The summed E-state index contributed by atoms with van der Waals surface area (Å²) in [5.74, 6) is -0.488. The molecule has 2 aromatic carbocycles. The van der Waals surface area contributed by atoms with Crippen LogP contribution >= 0.6 is 0 Å². The molecule has 3 aliphatic rings. The summed E-state index contributed by atoms with van der Waals surface area (Å²) in [6.45, 7) is 0.164. The molecule has 12 nitrogen and oxygen atoms in total. The predicted molar refractivity (Wildman–Crippen MR) is 157 cm³/mol. The molecule has 1 fully saturated rings. The van der Waals surface area contributed by atoms with Crippen LogP contribution in [0.25, 0.3) is 11.0 Å². The molecule has 234 valence electrons. The number of hydrogen-bond acceptors (Lipinski definition) is 10. The summed E-state index contributed by atoms with van der Waals surface area (Å²) < 4.78 is 29.1. The lowest BCUT2D eigenvalue weighted by molar-refractivity contribution is -0.118. The summed E-state index contributed by atoms with van der Waals surface area (Å²) in [5.41, 5.74) is 1.79. The number of amides is 2. The highest BCUT2D eigenvalue weighted by Crippen LogP contribution is 2.51. The molecule has 2 amide bonds. The van der Waals surface area contributed by atoms with Gasteiger partial charge in [-0.25, -0.2) is 0 Å². The Labute approximate surface area is 253 Å². The van der Waals surface area contributed by atoms with Crippen molar-refractivity contribution in [1.82, 2.24) is 10.2 Å². The van der Waals surface area contributed by atoms with Crippen LogP contribution in [-0.4, -0.2) is 96.9 Å². The van der Waals surface area contributed by atoms with E-state index in [4.69, 9.17) is 23.4 Å². The van der Waals surface area contributed by atoms with E-state index in [1.807, 2.05) is 6.07 Å². The third-order valence-corrected chi connectivity index (χ3v) is 8.48. The molecule has 4 N–H and O–H groups in total. The second-order valence-electron chi connectivity index (χ2n) is 11.1. The number of furan rings is 1. The zero-order chi connectivity index (χ0) is 31.0. The molecule has 0 saturated carbocycles. The highest BCUT2D eigenvalue weighted by Gasteiger charge is 2.52. The summed E-state index contributed by atoms with van der Waals surface area (Å²) in [4.78, 5) is 29.3. The monoisotopic (exact) mass is 608 g/mol. The number of nitrogens with zero attached hydrogens (tertiary/aromatic N) is 1. The minimum atomic E-state index is -1.27. The Morgan fingerprint density at radius 2 is 1.93 bits per heavy atom. The van der Waals surface area contributed by atoms with Crippen molar-refractivity contribution in [2.45, 2.75) is 49.7 Å². The molecule has 5 atom stereocenters. The number of ether oxygens (including phenoxy) is 4. The van der Waals surface area contributed by atoms with Crippen LogP contribution in [0.5, 0.6) is 17.2 Å². The molecule has 2 aliphatic heterocycles. The smallest absolute Gasteiger partial charge is 0.290 e. The van der Waals surface area contributed by atoms with Crippen LogP contribution in [0.3, 0.4) is 0 Å². The minimum Gasteiger partial charge on any atom is -0.493 e. The van der Waals surface area contributed by atoms with E-state index in [1.165, 1.54) is 19.1 Å². The van der Waals surface area contributed by atoms with Gasteiger partial charge in [0.2, 0.25) is 5.91 Å². The van der Waals surface area contributed by atoms with Gasteiger partial charge in [-0.05, 0) is 48.7 Å². The third-order valence-electron chi connectivity index (χ3n) is 8.48. The Morgan fingerprint density at radius 3 is 2.64 bits per heavy atom. The first kappa shape index (κ1) is 29.9. The van der Waals surface area contributed by atoms with Crippen molar-refractivity contribution in [2.24, 2.45) is 0 Å². The van der Waals surface area contributed by atoms with Crippen LogP contribution in [0.4, 0.5) is 0 Å². The Kier molecular flexibility index (Phi) is 8.50. The van der Waals surface area contributed by atoms with Crippen LogP contribution in [0.1, 0.15) is 40.4 Å². The van der Waals surface area contributed by atoms with Gasteiger partial charge < -0.3 is 48.9 Å². The maximum Gasteiger partial charge on any atom is 0.290 e. The number of aliphatic hydroxyl groups excluding tert-OH is 3. The van der Waals surface area contributed by atoms with Crippen molar-refractivity contribution in [1.29, 1.82) is 0 Å². The molecule has 6 rings (SSSR count). The van der Waals surface area contributed by atoms with Crippen LogP contribution < -0.4 is 19.5 Å². The van der Waals surface area contributed by atoms with Gasteiger partial charge >= 0.3 is 0 Å². The number of rotatable bonds is 10. The molecule has 44 heavy (non-hydrogen) atoms. The lowest BCUT2D eigenvalue weighted by Crippen LogP contribution is -2.57. The van der Waals surface area contributed by atoms with E-state index in [2.05, 4.69) is 5.32 Å². The Balaban J connectivity index is 1.45. The number of nitrogens with one attached hydrogen (secondary N) is 1. The van der Waals surface area contributed by atoms with E-state index in [-0.39, 0.29) is 43.7 Å². The molecule has 5 unspecified atom stereocenters. The maximum atomic E-state index is 14.3. The molecular formula is C32H36N2O10. The van der Waals surface area contributed by atoms with Gasteiger partial charge in [0.1, 0.15) is 12.2 Å². The topological polar surface area (TPSA) is 160 Å². The van der Waals surface area contributed by atoms with Crippen LogP contribution in [0.2, 0.25) is 0 Å².